The van der Waals surface area contributed by atoms with Crippen LogP contribution in [0.4, 0.5) is 24.5 Å². The van der Waals surface area contributed by atoms with Crippen molar-refractivity contribution in [1.82, 2.24) is 15.2 Å². The summed E-state index contributed by atoms with van der Waals surface area (Å²) in [4.78, 5) is 17.9. The van der Waals surface area contributed by atoms with Crippen LogP contribution in [0.15, 0.2) is 42.7 Å². The predicted molar refractivity (Wildman–Crippen MR) is 89.9 cm³/mol. The van der Waals surface area contributed by atoms with Crippen LogP contribution in [-0.2, 0) is 6.18 Å². The molecule has 0 fully saturated rings. The van der Waals surface area contributed by atoms with E-state index in [1.165, 1.54) is 36.7 Å². The first kappa shape index (κ1) is 18.7. The number of nitrogens with one attached hydrogen (secondary N) is 2. The molecule has 0 aliphatic carbocycles. The molecule has 1 aromatic carbocycles. The molecular formula is C17H19F3N4O. The summed E-state index contributed by atoms with van der Waals surface area (Å²) in [5, 5.41) is 5.41. The molecule has 2 N–H and O–H groups in total. The van der Waals surface area contributed by atoms with Crippen LogP contribution in [0, 0.1) is 0 Å². The Hall–Kier alpha value is -2.61. The first-order chi connectivity index (χ1) is 11.8. The lowest BCUT2D eigenvalue weighted by Crippen LogP contribution is -2.31. The lowest BCUT2D eigenvalue weighted by molar-refractivity contribution is -0.136. The van der Waals surface area contributed by atoms with Crippen molar-refractivity contribution in [3.05, 3.63) is 53.9 Å². The number of para-hydroxylation sites is 1. The van der Waals surface area contributed by atoms with Crippen molar-refractivity contribution in [1.29, 1.82) is 0 Å². The number of aromatic nitrogens is 1. The Bertz CT molecular complexity index is 732. The molecule has 0 aliphatic heterocycles. The van der Waals surface area contributed by atoms with Gasteiger partial charge in [-0.05, 0) is 32.3 Å². The summed E-state index contributed by atoms with van der Waals surface area (Å²) in [5.74, 6) is -0.331. The second kappa shape index (κ2) is 7.98. The summed E-state index contributed by atoms with van der Waals surface area (Å²) in [6, 6.07) is 6.61. The van der Waals surface area contributed by atoms with Crippen LogP contribution in [0.3, 0.4) is 0 Å². The van der Waals surface area contributed by atoms with E-state index in [2.05, 4.69) is 15.6 Å². The number of benzene rings is 1. The SMILES string of the molecule is CN(C)CCNC(=O)c1cncc(Nc2ccccc2C(F)(F)F)c1. The lowest BCUT2D eigenvalue weighted by atomic mass is 10.1. The highest BCUT2D eigenvalue weighted by Crippen LogP contribution is 2.35. The number of likely N-dealkylation sites (N-methyl/N-ethyl adjacent to an activating group) is 1. The number of anilines is 2. The van der Waals surface area contributed by atoms with Crippen molar-refractivity contribution in [3.63, 3.8) is 0 Å². The van der Waals surface area contributed by atoms with E-state index in [1.54, 1.807) is 0 Å². The number of carbonyl (C=O) groups is 1. The average molecular weight is 352 g/mol. The summed E-state index contributed by atoms with van der Waals surface area (Å²) >= 11 is 0. The highest BCUT2D eigenvalue weighted by Gasteiger charge is 2.33. The molecule has 1 amide bonds. The number of nitrogens with zero attached hydrogens (tertiary/aromatic N) is 2. The van der Waals surface area contributed by atoms with Crippen LogP contribution in [-0.4, -0.2) is 43.0 Å². The molecule has 8 heteroatoms. The van der Waals surface area contributed by atoms with Crippen molar-refractivity contribution in [3.8, 4) is 0 Å². The minimum atomic E-state index is -4.47. The topological polar surface area (TPSA) is 57.3 Å². The fraction of sp³-hybridized carbons (Fsp3) is 0.294. The van der Waals surface area contributed by atoms with Gasteiger partial charge < -0.3 is 15.5 Å². The number of carbonyl (C=O) groups excluding carboxylic acids is 1. The molecule has 2 aromatic rings. The maximum atomic E-state index is 13.0. The van der Waals surface area contributed by atoms with Gasteiger partial charge in [-0.15, -0.1) is 0 Å². The molecule has 1 aromatic heterocycles. The van der Waals surface area contributed by atoms with Gasteiger partial charge >= 0.3 is 6.18 Å². The van der Waals surface area contributed by atoms with Gasteiger partial charge in [-0.1, -0.05) is 12.1 Å². The van der Waals surface area contributed by atoms with Gasteiger partial charge in [0, 0.05) is 19.3 Å². The van der Waals surface area contributed by atoms with Crippen molar-refractivity contribution in [2.24, 2.45) is 0 Å². The number of pyridine rings is 1. The van der Waals surface area contributed by atoms with Gasteiger partial charge in [0.1, 0.15) is 0 Å². The molecule has 0 aliphatic rings. The Morgan fingerprint density at radius 3 is 2.60 bits per heavy atom. The molecule has 0 spiro atoms. The molecule has 0 atom stereocenters. The zero-order valence-electron chi connectivity index (χ0n) is 13.9. The summed E-state index contributed by atoms with van der Waals surface area (Å²) in [7, 11) is 3.77. The van der Waals surface area contributed by atoms with Crippen LogP contribution in [0.1, 0.15) is 15.9 Å². The standard InChI is InChI=1S/C17H19F3N4O/c1-24(2)8-7-22-16(25)12-9-13(11-21-10-12)23-15-6-4-3-5-14(15)17(18,19)20/h3-6,9-11,23H,7-8H2,1-2H3,(H,22,25). The molecule has 5 nitrogen and oxygen atoms in total. The van der Waals surface area contributed by atoms with Crippen LogP contribution >= 0.6 is 0 Å². The average Bonchev–Trinajstić information content (AvgIpc) is 2.54. The second-order valence-corrected chi connectivity index (χ2v) is 5.69. The van der Waals surface area contributed by atoms with E-state index >= 15 is 0 Å². The van der Waals surface area contributed by atoms with E-state index < -0.39 is 11.7 Å². The Morgan fingerprint density at radius 2 is 1.92 bits per heavy atom. The molecule has 25 heavy (non-hydrogen) atoms. The van der Waals surface area contributed by atoms with Gasteiger partial charge in [-0.25, -0.2) is 0 Å². The molecule has 0 saturated heterocycles. The van der Waals surface area contributed by atoms with E-state index in [-0.39, 0.29) is 17.2 Å². The largest absolute Gasteiger partial charge is 0.418 e. The molecule has 0 unspecified atom stereocenters. The van der Waals surface area contributed by atoms with E-state index in [0.717, 1.165) is 6.07 Å². The maximum absolute atomic E-state index is 13.0. The number of rotatable bonds is 6. The molecule has 1 heterocycles. The minimum Gasteiger partial charge on any atom is -0.354 e. The van der Waals surface area contributed by atoms with Gasteiger partial charge in [-0.3, -0.25) is 9.78 Å². The zero-order chi connectivity index (χ0) is 18.4. The number of hydrogen-bond donors (Lipinski definition) is 2. The van der Waals surface area contributed by atoms with Crippen molar-refractivity contribution in [2.75, 3.05) is 32.5 Å². The van der Waals surface area contributed by atoms with E-state index in [4.69, 9.17) is 0 Å². The van der Waals surface area contributed by atoms with Crippen LogP contribution < -0.4 is 10.6 Å². The summed E-state index contributed by atoms with van der Waals surface area (Å²) in [6.07, 6.45) is -1.74. The van der Waals surface area contributed by atoms with Crippen LogP contribution in [0.5, 0.6) is 0 Å². The smallest absolute Gasteiger partial charge is 0.354 e. The first-order valence-electron chi connectivity index (χ1n) is 7.58. The van der Waals surface area contributed by atoms with Gasteiger partial charge in [0.2, 0.25) is 0 Å². The highest BCUT2D eigenvalue weighted by molar-refractivity contribution is 5.94. The molecule has 134 valence electrons. The monoisotopic (exact) mass is 352 g/mol. The number of hydrogen-bond acceptors (Lipinski definition) is 4. The number of amides is 1. The van der Waals surface area contributed by atoms with E-state index in [0.29, 0.717) is 18.8 Å². The summed E-state index contributed by atoms with van der Waals surface area (Å²) in [6.45, 7) is 1.14. The lowest BCUT2D eigenvalue weighted by Gasteiger charge is -2.15. The van der Waals surface area contributed by atoms with Crippen LogP contribution in [0.25, 0.3) is 0 Å². The predicted octanol–water partition coefficient (Wildman–Crippen LogP) is 3.14. The van der Waals surface area contributed by atoms with E-state index in [1.807, 2.05) is 19.0 Å². The van der Waals surface area contributed by atoms with Gasteiger partial charge in [-0.2, -0.15) is 13.2 Å². The molecule has 0 saturated carbocycles. The molecular weight excluding hydrogens is 333 g/mol. The third-order valence-electron chi connectivity index (χ3n) is 3.36. The van der Waals surface area contributed by atoms with Gasteiger partial charge in [0.25, 0.3) is 5.91 Å². The quantitative estimate of drug-likeness (QED) is 0.839. The Labute approximate surface area is 143 Å². The van der Waals surface area contributed by atoms with Gasteiger partial charge in [0.15, 0.2) is 0 Å². The Kier molecular flexibility index (Phi) is 5.97. The van der Waals surface area contributed by atoms with Crippen molar-refractivity contribution >= 4 is 17.3 Å². The summed E-state index contributed by atoms with van der Waals surface area (Å²) in [5.41, 5.74) is -0.303. The minimum absolute atomic E-state index is 0.0954. The van der Waals surface area contributed by atoms with Gasteiger partial charge in [0.05, 0.1) is 28.7 Å². The maximum Gasteiger partial charge on any atom is 0.418 e. The molecule has 2 rings (SSSR count). The fourth-order valence-electron chi connectivity index (χ4n) is 2.12. The highest BCUT2D eigenvalue weighted by atomic mass is 19.4. The molecule has 0 bridgehead atoms. The number of alkyl halides is 3. The van der Waals surface area contributed by atoms with E-state index in [9.17, 15) is 18.0 Å². The Morgan fingerprint density at radius 1 is 1.20 bits per heavy atom. The zero-order valence-corrected chi connectivity index (χ0v) is 13.9. The normalized spacial score (nSPS) is 11.4. The van der Waals surface area contributed by atoms with Crippen molar-refractivity contribution in [2.45, 2.75) is 6.18 Å². The molecule has 0 radical (unpaired) electrons. The van der Waals surface area contributed by atoms with Crippen molar-refractivity contribution < 1.29 is 18.0 Å². The Balaban J connectivity index is 2.14. The first-order valence-corrected chi connectivity index (χ1v) is 7.58. The van der Waals surface area contributed by atoms with Crippen LogP contribution in [0.2, 0.25) is 0 Å². The second-order valence-electron chi connectivity index (χ2n) is 5.69. The fourth-order valence-corrected chi connectivity index (χ4v) is 2.12. The third kappa shape index (κ3) is 5.46. The number of halogens is 3. The third-order valence-corrected chi connectivity index (χ3v) is 3.36. The summed E-state index contributed by atoms with van der Waals surface area (Å²) < 4.78 is 39.1.